The van der Waals surface area contributed by atoms with E-state index in [0.29, 0.717) is 0 Å². The van der Waals surface area contributed by atoms with Gasteiger partial charge in [-0.1, -0.05) is 29.8 Å². The average molecular weight is 401 g/mol. The molecule has 5 heteroatoms. The van der Waals surface area contributed by atoms with Crippen LogP contribution in [0.5, 0.6) is 0 Å². The van der Waals surface area contributed by atoms with Gasteiger partial charge in [-0.05, 0) is 68.6 Å². The van der Waals surface area contributed by atoms with E-state index in [4.69, 9.17) is 5.10 Å². The molecule has 30 heavy (non-hydrogen) atoms. The standard InChI is InChI=1S/C25H28N4O/c1-16-5-7-18-15-21(23-19-8-6-17(2)14-22(19)27-25(23)30)24(20(18)13-16)28-26-9-12-29-10-3-4-11-29/h5-8,13-14,26H,3-4,9-12,15H2,1-2H3,(H,27,30)/b23-21+,28-24+. The summed E-state index contributed by atoms with van der Waals surface area (Å²) >= 11 is 0. The number of allylic oxidation sites excluding steroid dienone is 1. The van der Waals surface area contributed by atoms with E-state index >= 15 is 0 Å². The highest BCUT2D eigenvalue weighted by molar-refractivity contribution is 6.38. The molecule has 2 aromatic carbocycles. The van der Waals surface area contributed by atoms with Crippen molar-refractivity contribution in [1.29, 1.82) is 0 Å². The third kappa shape index (κ3) is 3.43. The minimum Gasteiger partial charge on any atom is -0.321 e. The lowest BCUT2D eigenvalue weighted by molar-refractivity contribution is -0.110. The molecule has 0 spiro atoms. The molecule has 2 aromatic rings. The number of hydrogen-bond donors (Lipinski definition) is 2. The van der Waals surface area contributed by atoms with E-state index in [1.807, 2.05) is 13.0 Å². The van der Waals surface area contributed by atoms with Gasteiger partial charge >= 0.3 is 0 Å². The summed E-state index contributed by atoms with van der Waals surface area (Å²) in [5, 5.41) is 7.87. The number of hydrogen-bond acceptors (Lipinski definition) is 4. The predicted molar refractivity (Wildman–Crippen MR) is 122 cm³/mol. The zero-order chi connectivity index (χ0) is 20.7. The van der Waals surface area contributed by atoms with E-state index in [9.17, 15) is 4.79 Å². The van der Waals surface area contributed by atoms with Crippen LogP contribution in [0.1, 0.15) is 40.7 Å². The summed E-state index contributed by atoms with van der Waals surface area (Å²) in [7, 11) is 0. The van der Waals surface area contributed by atoms with Crippen molar-refractivity contribution in [1.82, 2.24) is 10.3 Å². The Hall–Kier alpha value is -2.92. The van der Waals surface area contributed by atoms with Crippen molar-refractivity contribution in [2.45, 2.75) is 33.1 Å². The average Bonchev–Trinajstić information content (AvgIpc) is 3.42. The molecular formula is C25H28N4O. The summed E-state index contributed by atoms with van der Waals surface area (Å²) in [6.45, 7) is 8.34. The van der Waals surface area contributed by atoms with Gasteiger partial charge < -0.3 is 15.6 Å². The number of hydrazone groups is 1. The fourth-order valence-corrected chi connectivity index (χ4v) is 4.77. The monoisotopic (exact) mass is 400 g/mol. The van der Waals surface area contributed by atoms with Crippen LogP contribution in [0.4, 0.5) is 5.69 Å². The van der Waals surface area contributed by atoms with Gasteiger partial charge in [-0.2, -0.15) is 5.10 Å². The summed E-state index contributed by atoms with van der Waals surface area (Å²) in [4.78, 5) is 15.4. The number of aryl methyl sites for hydroxylation is 2. The lowest BCUT2D eigenvalue weighted by Crippen LogP contribution is -2.28. The SMILES string of the molecule is Cc1ccc2c(c1)NC(=O)/C2=C1\Cc2ccc(C)cc2\C1=N/NCCN1CCCC1. The largest absolute Gasteiger partial charge is 0.321 e. The van der Waals surface area contributed by atoms with Crippen LogP contribution >= 0.6 is 0 Å². The van der Waals surface area contributed by atoms with Gasteiger partial charge in [0.25, 0.3) is 5.91 Å². The number of carbonyl (C=O) groups is 1. The van der Waals surface area contributed by atoms with Crippen molar-refractivity contribution >= 4 is 22.9 Å². The molecule has 5 nitrogen and oxygen atoms in total. The van der Waals surface area contributed by atoms with Gasteiger partial charge in [0.05, 0.1) is 11.3 Å². The van der Waals surface area contributed by atoms with Crippen molar-refractivity contribution in [3.8, 4) is 0 Å². The molecule has 2 aliphatic heterocycles. The van der Waals surface area contributed by atoms with Gasteiger partial charge in [0.2, 0.25) is 0 Å². The Bertz CT molecular complexity index is 1080. The number of rotatable bonds is 4. The number of benzene rings is 2. The lowest BCUT2D eigenvalue weighted by atomic mass is 9.97. The number of nitrogens with zero attached hydrogens (tertiary/aromatic N) is 2. The summed E-state index contributed by atoms with van der Waals surface area (Å²) in [5.74, 6) is -0.0279. The van der Waals surface area contributed by atoms with Crippen LogP contribution in [0.15, 0.2) is 47.1 Å². The molecule has 0 bridgehead atoms. The highest BCUT2D eigenvalue weighted by Gasteiger charge is 2.33. The van der Waals surface area contributed by atoms with Gasteiger partial charge in [0.1, 0.15) is 0 Å². The highest BCUT2D eigenvalue weighted by Crippen LogP contribution is 2.39. The zero-order valence-electron chi connectivity index (χ0n) is 17.7. The third-order valence-electron chi connectivity index (χ3n) is 6.32. The van der Waals surface area contributed by atoms with E-state index in [0.717, 1.165) is 58.7 Å². The van der Waals surface area contributed by atoms with Crippen LogP contribution < -0.4 is 10.7 Å². The summed E-state index contributed by atoms with van der Waals surface area (Å²) < 4.78 is 0. The lowest BCUT2D eigenvalue weighted by Gasteiger charge is -2.14. The van der Waals surface area contributed by atoms with Crippen molar-refractivity contribution in [3.63, 3.8) is 0 Å². The fourth-order valence-electron chi connectivity index (χ4n) is 4.77. The van der Waals surface area contributed by atoms with Gasteiger partial charge in [-0.15, -0.1) is 0 Å². The minimum absolute atomic E-state index is 0.0279. The first-order valence-electron chi connectivity index (χ1n) is 10.9. The van der Waals surface area contributed by atoms with Crippen LogP contribution in [0.3, 0.4) is 0 Å². The maximum absolute atomic E-state index is 12.9. The quantitative estimate of drug-likeness (QED) is 0.468. The molecular weight excluding hydrogens is 372 g/mol. The van der Waals surface area contributed by atoms with E-state index in [1.165, 1.54) is 37.1 Å². The first-order chi connectivity index (χ1) is 14.6. The van der Waals surface area contributed by atoms with Crippen molar-refractivity contribution in [2.24, 2.45) is 5.10 Å². The van der Waals surface area contributed by atoms with Gasteiger partial charge in [-0.25, -0.2) is 0 Å². The summed E-state index contributed by atoms with van der Waals surface area (Å²) in [6.07, 6.45) is 3.33. The smallest absolute Gasteiger partial charge is 0.256 e. The molecule has 1 saturated heterocycles. The fraction of sp³-hybridized carbons (Fsp3) is 0.360. The Morgan fingerprint density at radius 1 is 1.03 bits per heavy atom. The van der Waals surface area contributed by atoms with E-state index in [-0.39, 0.29) is 5.91 Å². The first kappa shape index (κ1) is 19.1. The second-order valence-corrected chi connectivity index (χ2v) is 8.61. The Morgan fingerprint density at radius 2 is 1.80 bits per heavy atom. The number of anilines is 1. The Morgan fingerprint density at radius 3 is 2.63 bits per heavy atom. The molecule has 154 valence electrons. The molecule has 0 aromatic heterocycles. The maximum Gasteiger partial charge on any atom is 0.256 e. The minimum atomic E-state index is -0.0279. The molecule has 1 amide bonds. The van der Waals surface area contributed by atoms with Gasteiger partial charge in [0.15, 0.2) is 0 Å². The van der Waals surface area contributed by atoms with Crippen LogP contribution in [-0.4, -0.2) is 42.7 Å². The maximum atomic E-state index is 12.9. The molecule has 2 heterocycles. The number of amides is 1. The number of fused-ring (bicyclic) bond motifs is 2. The number of nitrogens with one attached hydrogen (secondary N) is 2. The van der Waals surface area contributed by atoms with E-state index in [1.54, 1.807) is 0 Å². The molecule has 5 rings (SSSR count). The summed E-state index contributed by atoms with van der Waals surface area (Å²) in [6, 6.07) is 12.7. The Kier molecular flexibility index (Phi) is 4.91. The van der Waals surface area contributed by atoms with E-state index < -0.39 is 0 Å². The van der Waals surface area contributed by atoms with Crippen LogP contribution in [-0.2, 0) is 11.2 Å². The molecule has 3 aliphatic rings. The van der Waals surface area contributed by atoms with Crippen LogP contribution in [0.2, 0.25) is 0 Å². The van der Waals surface area contributed by atoms with Crippen molar-refractivity contribution in [3.05, 3.63) is 69.8 Å². The Labute approximate surface area is 177 Å². The molecule has 0 unspecified atom stereocenters. The zero-order valence-corrected chi connectivity index (χ0v) is 17.7. The second-order valence-electron chi connectivity index (χ2n) is 8.61. The topological polar surface area (TPSA) is 56.7 Å². The molecule has 1 fully saturated rings. The normalized spacial score (nSPS) is 21.8. The van der Waals surface area contributed by atoms with Crippen LogP contribution in [0, 0.1) is 13.8 Å². The van der Waals surface area contributed by atoms with Gasteiger partial charge in [0, 0.05) is 36.3 Å². The number of likely N-dealkylation sites (tertiary alicyclic amines) is 1. The number of carbonyl (C=O) groups excluding carboxylic acids is 1. The van der Waals surface area contributed by atoms with Crippen LogP contribution in [0.25, 0.3) is 5.57 Å². The Balaban J connectivity index is 1.51. The first-order valence-corrected chi connectivity index (χ1v) is 10.9. The molecule has 2 N–H and O–H groups in total. The van der Waals surface area contributed by atoms with Crippen molar-refractivity contribution in [2.75, 3.05) is 31.5 Å². The molecule has 0 atom stereocenters. The van der Waals surface area contributed by atoms with Crippen molar-refractivity contribution < 1.29 is 4.79 Å². The molecule has 0 radical (unpaired) electrons. The second kappa shape index (κ2) is 7.73. The van der Waals surface area contributed by atoms with Gasteiger partial charge in [-0.3, -0.25) is 4.79 Å². The highest BCUT2D eigenvalue weighted by atomic mass is 16.2. The van der Waals surface area contributed by atoms with E-state index in [2.05, 4.69) is 52.9 Å². The summed E-state index contributed by atoms with van der Waals surface area (Å²) in [5.41, 5.74) is 12.6. The third-order valence-corrected chi connectivity index (χ3v) is 6.32. The predicted octanol–water partition coefficient (Wildman–Crippen LogP) is 3.65. The molecule has 0 saturated carbocycles. The molecule has 1 aliphatic carbocycles.